The second-order valence-electron chi connectivity index (χ2n) is 4.57. The fourth-order valence-corrected chi connectivity index (χ4v) is 2.74. The van der Waals surface area contributed by atoms with E-state index in [1.165, 1.54) is 30.5 Å². The summed E-state index contributed by atoms with van der Waals surface area (Å²) in [5.74, 6) is -0.466. The molecule has 0 aliphatic carbocycles. The summed E-state index contributed by atoms with van der Waals surface area (Å²) in [6.45, 7) is 3.81. The van der Waals surface area contributed by atoms with Gasteiger partial charge in [0.2, 0.25) is 0 Å². The smallest absolute Gasteiger partial charge is 0.338 e. The maximum Gasteiger partial charge on any atom is 0.338 e. The van der Waals surface area contributed by atoms with Gasteiger partial charge in [-0.3, -0.25) is 4.72 Å². The van der Waals surface area contributed by atoms with Crippen LogP contribution in [-0.4, -0.2) is 26.0 Å². The van der Waals surface area contributed by atoms with Gasteiger partial charge in [-0.1, -0.05) is 17.7 Å². The Bertz CT molecular complexity index is 770. The number of aromatic nitrogens is 1. The van der Waals surface area contributed by atoms with E-state index in [4.69, 9.17) is 4.74 Å². The van der Waals surface area contributed by atoms with Gasteiger partial charge >= 0.3 is 5.97 Å². The van der Waals surface area contributed by atoms with Gasteiger partial charge in [-0.15, -0.1) is 0 Å². The number of nitrogens with one attached hydrogen (secondary N) is 1. The molecule has 7 heteroatoms. The Morgan fingerprint density at radius 1 is 1.23 bits per heavy atom. The number of hydrogen-bond donors (Lipinski definition) is 1. The van der Waals surface area contributed by atoms with Crippen LogP contribution in [0, 0.1) is 6.92 Å². The number of pyridine rings is 1. The molecular formula is C15H16N2O4S. The number of rotatable bonds is 5. The third-order valence-corrected chi connectivity index (χ3v) is 4.21. The van der Waals surface area contributed by atoms with Crippen molar-refractivity contribution < 1.29 is 17.9 Å². The highest BCUT2D eigenvalue weighted by atomic mass is 32.2. The molecule has 0 atom stereocenters. The van der Waals surface area contributed by atoms with Gasteiger partial charge in [0.25, 0.3) is 10.0 Å². The third kappa shape index (κ3) is 3.82. The van der Waals surface area contributed by atoms with E-state index in [0.717, 1.165) is 5.56 Å². The van der Waals surface area contributed by atoms with Crippen LogP contribution >= 0.6 is 0 Å². The van der Waals surface area contributed by atoms with E-state index in [0.29, 0.717) is 0 Å². The Morgan fingerprint density at radius 2 is 1.91 bits per heavy atom. The van der Waals surface area contributed by atoms with Crippen LogP contribution in [0.5, 0.6) is 0 Å². The van der Waals surface area contributed by atoms with Crippen molar-refractivity contribution in [1.29, 1.82) is 0 Å². The summed E-state index contributed by atoms with van der Waals surface area (Å²) in [4.78, 5) is 15.7. The van der Waals surface area contributed by atoms with E-state index in [2.05, 4.69) is 9.71 Å². The minimum atomic E-state index is -3.75. The summed E-state index contributed by atoms with van der Waals surface area (Å²) < 4.78 is 31.7. The van der Waals surface area contributed by atoms with Crippen molar-refractivity contribution in [3.63, 3.8) is 0 Å². The van der Waals surface area contributed by atoms with Crippen molar-refractivity contribution in [3.8, 4) is 0 Å². The van der Waals surface area contributed by atoms with Crippen molar-refractivity contribution >= 4 is 21.8 Å². The summed E-state index contributed by atoms with van der Waals surface area (Å²) in [7, 11) is -3.75. The highest BCUT2D eigenvalue weighted by Crippen LogP contribution is 2.16. The largest absolute Gasteiger partial charge is 0.462 e. The van der Waals surface area contributed by atoms with Crippen LogP contribution in [-0.2, 0) is 14.8 Å². The normalized spacial score (nSPS) is 11.0. The van der Waals surface area contributed by atoms with Crippen LogP contribution in [0.3, 0.4) is 0 Å². The van der Waals surface area contributed by atoms with Crippen molar-refractivity contribution in [2.45, 2.75) is 18.7 Å². The molecule has 2 rings (SSSR count). The van der Waals surface area contributed by atoms with Crippen molar-refractivity contribution in [3.05, 3.63) is 53.7 Å². The van der Waals surface area contributed by atoms with Gasteiger partial charge in [-0.05, 0) is 38.1 Å². The van der Waals surface area contributed by atoms with Crippen molar-refractivity contribution in [2.75, 3.05) is 11.3 Å². The standard InChI is InChI=1S/C15H16N2O4S/c1-3-21-15(18)12-8-9-16-14(10-12)17-22(19,20)13-6-4-11(2)5-7-13/h4-10H,3H2,1-2H3,(H,16,17). The number of hydrogen-bond acceptors (Lipinski definition) is 5. The molecular weight excluding hydrogens is 304 g/mol. The van der Waals surface area contributed by atoms with Crippen LogP contribution in [0.2, 0.25) is 0 Å². The van der Waals surface area contributed by atoms with Crippen LogP contribution in [0.15, 0.2) is 47.5 Å². The monoisotopic (exact) mass is 320 g/mol. The number of esters is 1. The summed E-state index contributed by atoms with van der Waals surface area (Å²) in [6, 6.07) is 9.22. The second-order valence-corrected chi connectivity index (χ2v) is 6.25. The number of benzene rings is 1. The molecule has 0 aliphatic heterocycles. The van der Waals surface area contributed by atoms with E-state index in [1.54, 1.807) is 19.1 Å². The van der Waals surface area contributed by atoms with Gasteiger partial charge in [-0.2, -0.15) is 0 Å². The average Bonchev–Trinajstić information content (AvgIpc) is 2.48. The van der Waals surface area contributed by atoms with Gasteiger partial charge in [-0.25, -0.2) is 18.2 Å². The number of carbonyl (C=O) groups is 1. The molecule has 0 fully saturated rings. The number of nitrogens with zero attached hydrogens (tertiary/aromatic N) is 1. The van der Waals surface area contributed by atoms with Crippen LogP contribution in [0.1, 0.15) is 22.8 Å². The Labute approximate surface area is 129 Å². The lowest BCUT2D eigenvalue weighted by Gasteiger charge is -2.08. The molecule has 0 bridgehead atoms. The quantitative estimate of drug-likeness (QED) is 0.855. The van der Waals surface area contributed by atoms with Crippen LogP contribution in [0.25, 0.3) is 0 Å². The molecule has 0 radical (unpaired) electrons. The van der Waals surface area contributed by atoms with Crippen LogP contribution < -0.4 is 4.72 Å². The Kier molecular flexibility index (Phi) is 4.77. The molecule has 1 aromatic carbocycles. The zero-order valence-corrected chi connectivity index (χ0v) is 13.1. The lowest BCUT2D eigenvalue weighted by molar-refractivity contribution is 0.0526. The molecule has 0 amide bonds. The molecule has 1 aromatic heterocycles. The Morgan fingerprint density at radius 3 is 2.55 bits per heavy atom. The minimum absolute atomic E-state index is 0.0612. The molecule has 0 saturated heterocycles. The summed E-state index contributed by atoms with van der Waals surface area (Å²) in [6.07, 6.45) is 1.35. The molecule has 1 heterocycles. The Balaban J connectivity index is 2.24. The molecule has 0 unspecified atom stereocenters. The average molecular weight is 320 g/mol. The van der Waals surface area contributed by atoms with Gasteiger partial charge in [0.1, 0.15) is 5.82 Å². The maximum atomic E-state index is 12.3. The molecule has 0 saturated carbocycles. The lowest BCUT2D eigenvalue weighted by atomic mass is 10.2. The fourth-order valence-electron chi connectivity index (χ4n) is 1.74. The third-order valence-electron chi connectivity index (χ3n) is 2.84. The topological polar surface area (TPSA) is 85.4 Å². The number of anilines is 1. The van der Waals surface area contributed by atoms with Crippen molar-refractivity contribution in [1.82, 2.24) is 4.98 Å². The first-order chi connectivity index (χ1) is 10.4. The molecule has 2 aromatic rings. The first kappa shape index (κ1) is 16.0. The number of aryl methyl sites for hydroxylation is 1. The number of ether oxygens (including phenoxy) is 1. The van der Waals surface area contributed by atoms with E-state index in [9.17, 15) is 13.2 Å². The van der Waals surface area contributed by atoms with Crippen LogP contribution in [0.4, 0.5) is 5.82 Å². The predicted molar refractivity (Wildman–Crippen MR) is 82.2 cm³/mol. The van der Waals surface area contributed by atoms with E-state index in [1.807, 2.05) is 6.92 Å². The van der Waals surface area contributed by atoms with E-state index >= 15 is 0 Å². The molecule has 1 N–H and O–H groups in total. The first-order valence-electron chi connectivity index (χ1n) is 6.65. The fraction of sp³-hybridized carbons (Fsp3) is 0.200. The molecule has 6 nitrogen and oxygen atoms in total. The molecule has 0 spiro atoms. The molecule has 0 aliphatic rings. The SMILES string of the molecule is CCOC(=O)c1ccnc(NS(=O)(=O)c2ccc(C)cc2)c1. The zero-order chi connectivity index (χ0) is 16.2. The molecule has 22 heavy (non-hydrogen) atoms. The van der Waals surface area contributed by atoms with Gasteiger partial charge in [0.05, 0.1) is 17.1 Å². The molecule has 116 valence electrons. The highest BCUT2D eigenvalue weighted by Gasteiger charge is 2.16. The van der Waals surface area contributed by atoms with Gasteiger partial charge < -0.3 is 4.74 Å². The maximum absolute atomic E-state index is 12.3. The first-order valence-corrected chi connectivity index (χ1v) is 8.13. The zero-order valence-electron chi connectivity index (χ0n) is 12.2. The second kappa shape index (κ2) is 6.57. The summed E-state index contributed by atoms with van der Waals surface area (Å²) >= 11 is 0. The Hall–Kier alpha value is -2.41. The van der Waals surface area contributed by atoms with E-state index < -0.39 is 16.0 Å². The summed E-state index contributed by atoms with van der Waals surface area (Å²) in [5.41, 5.74) is 1.19. The van der Waals surface area contributed by atoms with Gasteiger partial charge in [0, 0.05) is 6.20 Å². The number of sulfonamides is 1. The number of carbonyl (C=O) groups excluding carboxylic acids is 1. The predicted octanol–water partition coefficient (Wildman–Crippen LogP) is 2.37. The van der Waals surface area contributed by atoms with Crippen molar-refractivity contribution in [2.24, 2.45) is 0 Å². The lowest BCUT2D eigenvalue weighted by Crippen LogP contribution is -2.14. The summed E-state index contributed by atoms with van der Waals surface area (Å²) in [5, 5.41) is 0. The van der Waals surface area contributed by atoms with Gasteiger partial charge in [0.15, 0.2) is 0 Å². The minimum Gasteiger partial charge on any atom is -0.462 e. The highest BCUT2D eigenvalue weighted by molar-refractivity contribution is 7.92. The van der Waals surface area contributed by atoms with E-state index in [-0.39, 0.29) is 22.9 Å².